The Morgan fingerprint density at radius 1 is 1.35 bits per heavy atom. The number of carbonyl (C=O) groups is 1. The summed E-state index contributed by atoms with van der Waals surface area (Å²) in [6, 6.07) is 1.99. The monoisotopic (exact) mass is 329 g/mol. The molecule has 0 saturated heterocycles. The summed E-state index contributed by atoms with van der Waals surface area (Å²) in [4.78, 5) is 11.9. The first-order valence-electron chi connectivity index (χ1n) is 6.91. The van der Waals surface area contributed by atoms with Crippen LogP contribution in [0.3, 0.4) is 0 Å². The van der Waals surface area contributed by atoms with Crippen molar-refractivity contribution in [3.05, 3.63) is 53.1 Å². The number of aromatic nitrogens is 2. The molecule has 23 heavy (non-hydrogen) atoms. The minimum atomic E-state index is -4.79. The predicted molar refractivity (Wildman–Crippen MR) is 75.3 cm³/mol. The molecule has 1 amide bonds. The van der Waals surface area contributed by atoms with Crippen LogP contribution in [0.25, 0.3) is 0 Å². The molecule has 2 rings (SSSR count). The van der Waals surface area contributed by atoms with Gasteiger partial charge < -0.3 is 5.32 Å². The molecule has 1 aromatic carbocycles. The minimum absolute atomic E-state index is 0.187. The van der Waals surface area contributed by atoms with Crippen molar-refractivity contribution < 1.29 is 22.4 Å². The third-order valence-electron chi connectivity index (χ3n) is 3.14. The van der Waals surface area contributed by atoms with Crippen molar-refractivity contribution in [1.82, 2.24) is 15.1 Å². The van der Waals surface area contributed by atoms with Crippen molar-refractivity contribution >= 4 is 5.91 Å². The van der Waals surface area contributed by atoms with Gasteiger partial charge in [0, 0.05) is 19.3 Å². The van der Waals surface area contributed by atoms with Gasteiger partial charge in [-0.3, -0.25) is 9.48 Å². The van der Waals surface area contributed by atoms with Crippen LogP contribution < -0.4 is 5.32 Å². The third kappa shape index (κ3) is 4.54. The van der Waals surface area contributed by atoms with E-state index in [1.54, 1.807) is 10.9 Å². The molecular formula is C15H15F4N3O. The summed E-state index contributed by atoms with van der Waals surface area (Å²) in [5, 5.41) is 6.47. The summed E-state index contributed by atoms with van der Waals surface area (Å²) >= 11 is 0. The van der Waals surface area contributed by atoms with Crippen molar-refractivity contribution in [2.45, 2.75) is 26.1 Å². The lowest BCUT2D eigenvalue weighted by atomic mass is 10.1. The molecule has 0 aliphatic carbocycles. The van der Waals surface area contributed by atoms with E-state index in [9.17, 15) is 22.4 Å². The molecule has 0 aliphatic heterocycles. The van der Waals surface area contributed by atoms with Crippen molar-refractivity contribution in [2.75, 3.05) is 6.54 Å². The van der Waals surface area contributed by atoms with Crippen LogP contribution in [0.4, 0.5) is 17.6 Å². The average molecular weight is 329 g/mol. The second kappa shape index (κ2) is 6.80. The lowest BCUT2D eigenvalue weighted by Crippen LogP contribution is -2.28. The molecule has 0 radical (unpaired) electrons. The summed E-state index contributed by atoms with van der Waals surface area (Å²) in [5.74, 6) is -1.92. The maximum absolute atomic E-state index is 13.0. The van der Waals surface area contributed by atoms with Crippen LogP contribution in [-0.2, 0) is 12.7 Å². The van der Waals surface area contributed by atoms with Gasteiger partial charge in [-0.2, -0.15) is 18.3 Å². The third-order valence-corrected chi connectivity index (χ3v) is 3.14. The number of aryl methyl sites for hydroxylation is 2. The molecular weight excluding hydrogens is 314 g/mol. The van der Waals surface area contributed by atoms with E-state index in [1.165, 1.54) is 0 Å². The summed E-state index contributed by atoms with van der Waals surface area (Å²) in [7, 11) is 0. The molecule has 0 bridgehead atoms. The number of benzene rings is 1. The normalized spacial score (nSPS) is 11.5. The zero-order valence-electron chi connectivity index (χ0n) is 12.3. The van der Waals surface area contributed by atoms with Gasteiger partial charge in [0.1, 0.15) is 5.82 Å². The molecule has 1 N–H and O–H groups in total. The number of carbonyl (C=O) groups excluding carboxylic acids is 1. The van der Waals surface area contributed by atoms with Crippen molar-refractivity contribution in [1.29, 1.82) is 0 Å². The molecule has 0 atom stereocenters. The molecule has 0 spiro atoms. The first-order valence-corrected chi connectivity index (χ1v) is 6.91. The van der Waals surface area contributed by atoms with Crippen LogP contribution >= 0.6 is 0 Å². The Kier molecular flexibility index (Phi) is 5.02. The van der Waals surface area contributed by atoms with E-state index in [0.717, 1.165) is 17.7 Å². The molecule has 124 valence electrons. The van der Waals surface area contributed by atoms with Crippen LogP contribution in [0.15, 0.2) is 30.6 Å². The van der Waals surface area contributed by atoms with Gasteiger partial charge in [0.15, 0.2) is 0 Å². The number of hydrogen-bond donors (Lipinski definition) is 1. The highest BCUT2D eigenvalue weighted by Gasteiger charge is 2.35. The quantitative estimate of drug-likeness (QED) is 0.676. The lowest BCUT2D eigenvalue weighted by molar-refractivity contribution is -0.138. The first kappa shape index (κ1) is 17.0. The zero-order chi connectivity index (χ0) is 17.0. The fourth-order valence-electron chi connectivity index (χ4n) is 2.08. The number of alkyl halides is 3. The second-order valence-electron chi connectivity index (χ2n) is 5.08. The van der Waals surface area contributed by atoms with Crippen LogP contribution in [0.1, 0.15) is 27.9 Å². The molecule has 1 heterocycles. The smallest absolute Gasteiger partial charge is 0.352 e. The van der Waals surface area contributed by atoms with Crippen molar-refractivity contribution in [2.24, 2.45) is 0 Å². The Morgan fingerprint density at radius 3 is 2.70 bits per heavy atom. The van der Waals surface area contributed by atoms with Crippen LogP contribution in [-0.4, -0.2) is 22.2 Å². The Labute approximate surface area is 130 Å². The van der Waals surface area contributed by atoms with E-state index < -0.39 is 29.0 Å². The molecule has 0 aliphatic rings. The Morgan fingerprint density at radius 2 is 2.09 bits per heavy atom. The highest BCUT2D eigenvalue weighted by atomic mass is 19.4. The predicted octanol–water partition coefficient (Wildman–Crippen LogP) is 3.17. The van der Waals surface area contributed by atoms with Crippen LogP contribution in [0.2, 0.25) is 0 Å². The molecule has 8 heteroatoms. The molecule has 4 nitrogen and oxygen atoms in total. The van der Waals surface area contributed by atoms with E-state index >= 15 is 0 Å². The Bertz CT molecular complexity index is 694. The topological polar surface area (TPSA) is 46.9 Å². The van der Waals surface area contributed by atoms with E-state index in [4.69, 9.17) is 0 Å². The molecule has 0 saturated carbocycles. The lowest BCUT2D eigenvalue weighted by Gasteiger charge is -2.13. The van der Waals surface area contributed by atoms with E-state index in [2.05, 4.69) is 10.4 Å². The number of rotatable bonds is 5. The maximum atomic E-state index is 13.0. The van der Waals surface area contributed by atoms with Crippen molar-refractivity contribution in [3.8, 4) is 0 Å². The summed E-state index contributed by atoms with van der Waals surface area (Å²) < 4.78 is 53.2. The van der Waals surface area contributed by atoms with Gasteiger partial charge in [0.2, 0.25) is 0 Å². The number of amides is 1. The van der Waals surface area contributed by atoms with E-state index in [-0.39, 0.29) is 6.54 Å². The number of nitrogens with one attached hydrogen (secondary N) is 1. The van der Waals surface area contributed by atoms with Gasteiger partial charge in [0.25, 0.3) is 5.91 Å². The number of nitrogens with zero attached hydrogens (tertiary/aromatic N) is 2. The van der Waals surface area contributed by atoms with Gasteiger partial charge in [-0.1, -0.05) is 0 Å². The SMILES string of the molecule is Cc1cnn(CCCNC(=O)c2ccc(F)cc2C(F)(F)F)c1. The molecule has 1 aromatic heterocycles. The summed E-state index contributed by atoms with van der Waals surface area (Å²) in [6.07, 6.45) is -0.771. The van der Waals surface area contributed by atoms with Gasteiger partial charge in [-0.05, 0) is 37.1 Å². The van der Waals surface area contributed by atoms with Crippen molar-refractivity contribution in [3.63, 3.8) is 0 Å². The standard InChI is InChI=1S/C15H15F4N3O/c1-10-8-21-22(9-10)6-2-5-20-14(23)12-4-3-11(16)7-13(12)15(17,18)19/h3-4,7-9H,2,5-6H2,1H3,(H,20,23). The average Bonchev–Trinajstić information content (AvgIpc) is 2.88. The Hall–Kier alpha value is -2.38. The molecule has 2 aromatic rings. The second-order valence-corrected chi connectivity index (χ2v) is 5.08. The number of halogens is 4. The van der Waals surface area contributed by atoms with E-state index in [1.807, 2.05) is 13.1 Å². The van der Waals surface area contributed by atoms with E-state index in [0.29, 0.717) is 19.0 Å². The maximum Gasteiger partial charge on any atom is 0.417 e. The van der Waals surface area contributed by atoms with Crippen LogP contribution in [0, 0.1) is 12.7 Å². The summed E-state index contributed by atoms with van der Waals surface area (Å²) in [6.45, 7) is 2.61. The zero-order valence-corrected chi connectivity index (χ0v) is 12.3. The van der Waals surface area contributed by atoms with Gasteiger partial charge in [-0.25, -0.2) is 4.39 Å². The highest BCUT2D eigenvalue weighted by molar-refractivity contribution is 5.95. The molecule has 0 unspecified atom stereocenters. The fourth-order valence-corrected chi connectivity index (χ4v) is 2.08. The molecule has 0 fully saturated rings. The van der Waals surface area contributed by atoms with Gasteiger partial charge >= 0.3 is 6.18 Å². The number of hydrogen-bond acceptors (Lipinski definition) is 2. The fraction of sp³-hybridized carbons (Fsp3) is 0.333. The Balaban J connectivity index is 1.95. The minimum Gasteiger partial charge on any atom is -0.352 e. The highest BCUT2D eigenvalue weighted by Crippen LogP contribution is 2.32. The largest absolute Gasteiger partial charge is 0.417 e. The summed E-state index contributed by atoms with van der Waals surface area (Å²) in [5.41, 5.74) is -0.873. The van der Waals surface area contributed by atoms with Gasteiger partial charge in [-0.15, -0.1) is 0 Å². The first-order chi connectivity index (χ1) is 10.8. The van der Waals surface area contributed by atoms with Crippen LogP contribution in [0.5, 0.6) is 0 Å². The van der Waals surface area contributed by atoms with Gasteiger partial charge in [0.05, 0.1) is 17.3 Å².